The molecule has 0 spiro atoms. The van der Waals surface area contributed by atoms with Crippen molar-refractivity contribution in [1.29, 1.82) is 0 Å². The Bertz CT molecular complexity index is 212. The molecule has 0 aromatic carbocycles. The lowest BCUT2D eigenvalue weighted by molar-refractivity contribution is -0.146. The van der Waals surface area contributed by atoms with Crippen LogP contribution in [0.3, 0.4) is 0 Å². The van der Waals surface area contributed by atoms with Gasteiger partial charge in [-0.1, -0.05) is 6.42 Å². The van der Waals surface area contributed by atoms with Crippen LogP contribution in [0.4, 0.5) is 0 Å². The van der Waals surface area contributed by atoms with Crippen LogP contribution < -0.4 is 0 Å². The van der Waals surface area contributed by atoms with Gasteiger partial charge in [-0.15, -0.1) is 0 Å². The van der Waals surface area contributed by atoms with Gasteiger partial charge in [-0.2, -0.15) is 0 Å². The smallest absolute Gasteiger partial charge is 0.308 e. The molecule has 2 atom stereocenters. The summed E-state index contributed by atoms with van der Waals surface area (Å²) in [5, 5.41) is 0. The van der Waals surface area contributed by atoms with E-state index < -0.39 is 0 Å². The summed E-state index contributed by atoms with van der Waals surface area (Å²) >= 11 is 0. The molecule has 1 aliphatic carbocycles. The van der Waals surface area contributed by atoms with E-state index in [-0.39, 0.29) is 18.4 Å². The van der Waals surface area contributed by atoms with Crippen LogP contribution in [0.2, 0.25) is 0 Å². The average Bonchev–Trinajstić information content (AvgIpc) is 2.50. The fraction of sp³-hybridized carbons (Fsp3) is 0.900. The lowest BCUT2D eigenvalue weighted by Gasteiger charge is -2.29. The van der Waals surface area contributed by atoms with Crippen molar-refractivity contribution < 1.29 is 19.0 Å². The maximum atomic E-state index is 11.0. The Balaban J connectivity index is 1.73. The summed E-state index contributed by atoms with van der Waals surface area (Å²) in [5.74, 6) is 0.325. The number of rotatable bonds is 3. The van der Waals surface area contributed by atoms with Gasteiger partial charge >= 0.3 is 5.97 Å². The van der Waals surface area contributed by atoms with Gasteiger partial charge < -0.3 is 14.2 Å². The molecule has 0 N–H and O–H groups in total. The van der Waals surface area contributed by atoms with Gasteiger partial charge in [0.2, 0.25) is 0 Å². The van der Waals surface area contributed by atoms with E-state index in [9.17, 15) is 4.79 Å². The Morgan fingerprint density at radius 3 is 2.86 bits per heavy atom. The van der Waals surface area contributed by atoms with E-state index in [1.165, 1.54) is 26.4 Å². The molecule has 0 amide bonds. The summed E-state index contributed by atoms with van der Waals surface area (Å²) in [6.45, 7) is 0.524. The van der Waals surface area contributed by atoms with Gasteiger partial charge in [0.25, 0.3) is 0 Å². The zero-order valence-corrected chi connectivity index (χ0v) is 8.40. The van der Waals surface area contributed by atoms with Crippen molar-refractivity contribution in [2.45, 2.75) is 38.1 Å². The molecule has 2 aliphatic rings. The standard InChI is InChI=1S/C10H16O4/c1-12-9(11)5-8-6-13-10(14-8)7-3-2-4-7/h7-8,10H,2-6H2,1H3. The third-order valence-corrected chi connectivity index (χ3v) is 2.93. The molecule has 2 unspecified atom stereocenters. The molecular weight excluding hydrogens is 184 g/mol. The fourth-order valence-corrected chi connectivity index (χ4v) is 1.81. The van der Waals surface area contributed by atoms with Crippen LogP contribution in [0.5, 0.6) is 0 Å². The molecule has 2 fully saturated rings. The summed E-state index contributed by atoms with van der Waals surface area (Å²) in [5.41, 5.74) is 0. The largest absolute Gasteiger partial charge is 0.469 e. The van der Waals surface area contributed by atoms with Crippen molar-refractivity contribution in [2.24, 2.45) is 5.92 Å². The van der Waals surface area contributed by atoms with E-state index in [2.05, 4.69) is 4.74 Å². The minimum Gasteiger partial charge on any atom is -0.469 e. The normalized spacial score (nSPS) is 32.6. The number of hydrogen-bond acceptors (Lipinski definition) is 4. The van der Waals surface area contributed by atoms with E-state index >= 15 is 0 Å². The molecule has 80 valence electrons. The summed E-state index contributed by atoms with van der Waals surface area (Å²) in [4.78, 5) is 11.0. The second-order valence-electron chi connectivity index (χ2n) is 3.93. The molecule has 1 saturated heterocycles. The van der Waals surface area contributed by atoms with E-state index in [0.29, 0.717) is 18.9 Å². The van der Waals surface area contributed by atoms with Crippen LogP contribution in [-0.2, 0) is 19.0 Å². The van der Waals surface area contributed by atoms with Gasteiger partial charge in [-0.25, -0.2) is 0 Å². The third kappa shape index (κ3) is 2.07. The Kier molecular flexibility index (Phi) is 3.03. The molecule has 2 rings (SSSR count). The zero-order valence-electron chi connectivity index (χ0n) is 8.40. The predicted octanol–water partition coefficient (Wildman–Crippen LogP) is 1.09. The number of hydrogen-bond donors (Lipinski definition) is 0. The van der Waals surface area contributed by atoms with Gasteiger partial charge in [0.05, 0.1) is 26.2 Å². The predicted molar refractivity (Wildman–Crippen MR) is 48.6 cm³/mol. The van der Waals surface area contributed by atoms with Crippen LogP contribution in [0.1, 0.15) is 25.7 Å². The highest BCUT2D eigenvalue weighted by Gasteiger charge is 2.36. The second-order valence-corrected chi connectivity index (χ2v) is 3.93. The molecular formula is C10H16O4. The summed E-state index contributed by atoms with van der Waals surface area (Å²) in [7, 11) is 1.39. The molecule has 0 radical (unpaired) electrons. The molecule has 0 aromatic heterocycles. The van der Waals surface area contributed by atoms with Crippen molar-refractivity contribution in [1.82, 2.24) is 0 Å². The lowest BCUT2D eigenvalue weighted by Crippen LogP contribution is -2.28. The highest BCUT2D eigenvalue weighted by molar-refractivity contribution is 5.69. The summed E-state index contributed by atoms with van der Waals surface area (Å²) < 4.78 is 15.7. The molecule has 14 heavy (non-hydrogen) atoms. The van der Waals surface area contributed by atoms with Gasteiger partial charge in [-0.3, -0.25) is 4.79 Å². The molecule has 4 heteroatoms. The monoisotopic (exact) mass is 200 g/mol. The fourth-order valence-electron chi connectivity index (χ4n) is 1.81. The number of esters is 1. The van der Waals surface area contributed by atoms with Crippen LogP contribution in [0.25, 0.3) is 0 Å². The number of carbonyl (C=O) groups is 1. The highest BCUT2D eigenvalue weighted by atomic mass is 16.7. The molecule has 0 aromatic rings. The number of methoxy groups -OCH3 is 1. The van der Waals surface area contributed by atoms with E-state index in [4.69, 9.17) is 9.47 Å². The summed E-state index contributed by atoms with van der Waals surface area (Å²) in [6.07, 6.45) is 3.78. The minimum atomic E-state index is -0.229. The number of carbonyl (C=O) groups excluding carboxylic acids is 1. The third-order valence-electron chi connectivity index (χ3n) is 2.93. The SMILES string of the molecule is COC(=O)CC1COC(C2CCC2)O1. The van der Waals surface area contributed by atoms with Gasteiger partial charge in [0, 0.05) is 5.92 Å². The van der Waals surface area contributed by atoms with Crippen molar-refractivity contribution in [3.8, 4) is 0 Å². The zero-order chi connectivity index (χ0) is 9.97. The van der Waals surface area contributed by atoms with Gasteiger partial charge in [0.15, 0.2) is 6.29 Å². The first kappa shape index (κ1) is 9.93. The first-order valence-corrected chi connectivity index (χ1v) is 5.13. The Hall–Kier alpha value is -0.610. The molecule has 1 saturated carbocycles. The topological polar surface area (TPSA) is 44.8 Å². The van der Waals surface area contributed by atoms with Crippen LogP contribution in [-0.4, -0.2) is 32.1 Å². The van der Waals surface area contributed by atoms with E-state index in [1.54, 1.807) is 0 Å². The van der Waals surface area contributed by atoms with Crippen molar-refractivity contribution in [2.75, 3.05) is 13.7 Å². The highest BCUT2D eigenvalue weighted by Crippen LogP contribution is 2.35. The van der Waals surface area contributed by atoms with Crippen molar-refractivity contribution >= 4 is 5.97 Å². The van der Waals surface area contributed by atoms with Crippen LogP contribution >= 0.6 is 0 Å². The Morgan fingerprint density at radius 1 is 1.50 bits per heavy atom. The van der Waals surface area contributed by atoms with Gasteiger partial charge in [-0.05, 0) is 12.8 Å². The molecule has 1 aliphatic heterocycles. The van der Waals surface area contributed by atoms with Crippen molar-refractivity contribution in [3.05, 3.63) is 0 Å². The molecule has 4 nitrogen and oxygen atoms in total. The second kappa shape index (κ2) is 4.28. The lowest BCUT2D eigenvalue weighted by atomic mass is 9.85. The van der Waals surface area contributed by atoms with E-state index in [0.717, 1.165) is 0 Å². The van der Waals surface area contributed by atoms with Crippen molar-refractivity contribution in [3.63, 3.8) is 0 Å². The maximum Gasteiger partial charge on any atom is 0.308 e. The quantitative estimate of drug-likeness (QED) is 0.640. The molecule has 0 bridgehead atoms. The first-order valence-electron chi connectivity index (χ1n) is 5.13. The minimum absolute atomic E-state index is 0.0709. The molecule has 1 heterocycles. The van der Waals surface area contributed by atoms with E-state index in [1.807, 2.05) is 0 Å². The Morgan fingerprint density at radius 2 is 2.29 bits per heavy atom. The maximum absolute atomic E-state index is 11.0. The van der Waals surface area contributed by atoms with Crippen LogP contribution in [0, 0.1) is 5.92 Å². The Labute approximate surface area is 83.5 Å². The average molecular weight is 200 g/mol. The van der Waals surface area contributed by atoms with Crippen LogP contribution in [0.15, 0.2) is 0 Å². The number of ether oxygens (including phenoxy) is 3. The first-order chi connectivity index (χ1) is 6.79. The van der Waals surface area contributed by atoms with Gasteiger partial charge in [0.1, 0.15) is 0 Å². The summed E-state index contributed by atoms with van der Waals surface area (Å²) in [6, 6.07) is 0.